The Morgan fingerprint density at radius 2 is 2.23 bits per heavy atom. The zero-order valence-electron chi connectivity index (χ0n) is 7.61. The highest BCUT2D eigenvalue weighted by molar-refractivity contribution is 7.97. The Hall–Kier alpha value is -1.03. The van der Waals surface area contributed by atoms with Crippen LogP contribution in [0.15, 0.2) is 23.4 Å². The van der Waals surface area contributed by atoms with Crippen molar-refractivity contribution in [2.24, 2.45) is 5.18 Å². The lowest BCUT2D eigenvalue weighted by Crippen LogP contribution is -1.85. The van der Waals surface area contributed by atoms with Crippen LogP contribution in [0.1, 0.15) is 5.56 Å². The van der Waals surface area contributed by atoms with Gasteiger partial charge in [-0.2, -0.15) is 11.8 Å². The molecule has 0 N–H and O–H groups in total. The number of ether oxygens (including phenoxy) is 1. The molecule has 0 aliphatic heterocycles. The summed E-state index contributed by atoms with van der Waals surface area (Å²) in [6.07, 6.45) is 2.01. The van der Waals surface area contributed by atoms with E-state index in [1.165, 1.54) is 0 Å². The number of benzene rings is 1. The molecule has 0 bridgehead atoms. The van der Waals surface area contributed by atoms with Crippen LogP contribution < -0.4 is 4.74 Å². The van der Waals surface area contributed by atoms with Crippen molar-refractivity contribution in [2.45, 2.75) is 5.75 Å². The van der Waals surface area contributed by atoms with E-state index in [1.54, 1.807) is 31.0 Å². The summed E-state index contributed by atoms with van der Waals surface area (Å²) in [5.74, 6) is 1.54. The normalized spacial score (nSPS) is 9.69. The fraction of sp³-hybridized carbons (Fsp3) is 0.333. The van der Waals surface area contributed by atoms with Crippen molar-refractivity contribution < 1.29 is 4.74 Å². The van der Waals surface area contributed by atoms with E-state index in [2.05, 4.69) is 5.18 Å². The Balaban J connectivity index is 2.99. The lowest BCUT2D eigenvalue weighted by atomic mass is 10.2. The molecule has 1 aromatic rings. The number of rotatable bonds is 4. The summed E-state index contributed by atoms with van der Waals surface area (Å²) in [7, 11) is 1.58. The summed E-state index contributed by atoms with van der Waals surface area (Å²) in [4.78, 5) is 10.3. The summed E-state index contributed by atoms with van der Waals surface area (Å²) in [6, 6.07) is 5.30. The summed E-state index contributed by atoms with van der Waals surface area (Å²) in [5.41, 5.74) is 1.48. The van der Waals surface area contributed by atoms with Crippen LogP contribution in [0.4, 0.5) is 5.69 Å². The highest BCUT2D eigenvalue weighted by atomic mass is 32.2. The zero-order chi connectivity index (χ0) is 9.68. The Morgan fingerprint density at radius 1 is 1.46 bits per heavy atom. The molecule has 0 atom stereocenters. The smallest absolute Gasteiger partial charge is 0.121 e. The first-order valence-corrected chi connectivity index (χ1v) is 5.19. The number of thioether (sulfide) groups is 1. The maximum absolute atomic E-state index is 10.3. The number of hydrogen-bond donors (Lipinski definition) is 0. The molecule has 0 saturated heterocycles. The second-order valence-electron chi connectivity index (χ2n) is 2.56. The molecule has 0 amide bonds. The molecule has 0 unspecified atom stereocenters. The predicted octanol–water partition coefficient (Wildman–Crippen LogP) is 2.96. The Bertz CT molecular complexity index is 302. The molecule has 0 fully saturated rings. The molecule has 0 heterocycles. The summed E-state index contributed by atoms with van der Waals surface area (Å²) in [5, 5.41) is 2.88. The Kier molecular flexibility index (Phi) is 3.76. The second kappa shape index (κ2) is 4.87. The Labute approximate surface area is 81.5 Å². The SMILES string of the molecule is COc1cc(CSC)cc(N=O)c1. The third-order valence-electron chi connectivity index (χ3n) is 1.60. The molecule has 0 spiro atoms. The molecule has 4 heteroatoms. The van der Waals surface area contributed by atoms with Gasteiger partial charge in [0.1, 0.15) is 11.4 Å². The van der Waals surface area contributed by atoms with Gasteiger partial charge in [-0.05, 0) is 29.1 Å². The highest BCUT2D eigenvalue weighted by Crippen LogP contribution is 2.24. The average Bonchev–Trinajstić information content (AvgIpc) is 2.17. The van der Waals surface area contributed by atoms with Gasteiger partial charge in [0.25, 0.3) is 0 Å². The maximum Gasteiger partial charge on any atom is 0.121 e. The monoisotopic (exact) mass is 197 g/mol. The van der Waals surface area contributed by atoms with Crippen LogP contribution in [0.25, 0.3) is 0 Å². The minimum atomic E-state index is 0.420. The summed E-state index contributed by atoms with van der Waals surface area (Å²) in [6.45, 7) is 0. The fourth-order valence-corrected chi connectivity index (χ4v) is 1.56. The maximum atomic E-state index is 10.3. The van der Waals surface area contributed by atoms with Crippen LogP contribution in [-0.2, 0) is 5.75 Å². The average molecular weight is 197 g/mol. The van der Waals surface area contributed by atoms with Crippen molar-refractivity contribution in [1.82, 2.24) is 0 Å². The summed E-state index contributed by atoms with van der Waals surface area (Å²) >= 11 is 1.69. The van der Waals surface area contributed by atoms with E-state index < -0.39 is 0 Å². The standard InChI is InChI=1S/C9H11NO2S/c1-12-9-4-7(6-13-2)3-8(5-9)10-11/h3-5H,6H2,1-2H3. The molecule has 0 aliphatic rings. The largest absolute Gasteiger partial charge is 0.497 e. The van der Waals surface area contributed by atoms with E-state index in [0.29, 0.717) is 11.4 Å². The van der Waals surface area contributed by atoms with Crippen LogP contribution in [0.3, 0.4) is 0 Å². The van der Waals surface area contributed by atoms with Gasteiger partial charge in [-0.25, -0.2) is 0 Å². The fourth-order valence-electron chi connectivity index (χ4n) is 1.06. The minimum absolute atomic E-state index is 0.420. The lowest BCUT2D eigenvalue weighted by molar-refractivity contribution is 0.414. The molecule has 1 rings (SSSR count). The molecular weight excluding hydrogens is 186 g/mol. The molecule has 0 saturated carbocycles. The topological polar surface area (TPSA) is 38.7 Å². The molecule has 0 radical (unpaired) electrons. The summed E-state index contributed by atoms with van der Waals surface area (Å²) < 4.78 is 5.04. The first-order valence-electron chi connectivity index (χ1n) is 3.80. The zero-order valence-corrected chi connectivity index (χ0v) is 8.43. The van der Waals surface area contributed by atoms with Crippen molar-refractivity contribution in [3.8, 4) is 5.75 Å². The highest BCUT2D eigenvalue weighted by Gasteiger charge is 2.00. The van der Waals surface area contributed by atoms with E-state index in [-0.39, 0.29) is 0 Å². The minimum Gasteiger partial charge on any atom is -0.497 e. The third kappa shape index (κ3) is 2.73. The van der Waals surface area contributed by atoms with Crippen LogP contribution in [0, 0.1) is 4.91 Å². The Morgan fingerprint density at radius 3 is 2.77 bits per heavy atom. The van der Waals surface area contributed by atoms with Crippen molar-refractivity contribution in [1.29, 1.82) is 0 Å². The van der Waals surface area contributed by atoms with Gasteiger partial charge in [0, 0.05) is 11.8 Å². The van der Waals surface area contributed by atoms with Crippen LogP contribution >= 0.6 is 11.8 Å². The van der Waals surface area contributed by atoms with Crippen molar-refractivity contribution in [2.75, 3.05) is 13.4 Å². The quantitative estimate of drug-likeness (QED) is 0.696. The van der Waals surface area contributed by atoms with E-state index in [1.807, 2.05) is 12.3 Å². The predicted molar refractivity (Wildman–Crippen MR) is 55.7 cm³/mol. The van der Waals surface area contributed by atoms with Gasteiger partial charge < -0.3 is 4.74 Å². The van der Waals surface area contributed by atoms with Gasteiger partial charge in [0.05, 0.1) is 7.11 Å². The second-order valence-corrected chi connectivity index (χ2v) is 3.43. The lowest BCUT2D eigenvalue weighted by Gasteiger charge is -2.03. The molecule has 13 heavy (non-hydrogen) atoms. The van der Waals surface area contributed by atoms with Gasteiger partial charge in [0.2, 0.25) is 0 Å². The molecule has 0 aliphatic carbocycles. The first kappa shape index (κ1) is 10.1. The first-order chi connectivity index (χ1) is 6.30. The van der Waals surface area contributed by atoms with Crippen LogP contribution in [0.2, 0.25) is 0 Å². The van der Waals surface area contributed by atoms with Gasteiger partial charge in [0.15, 0.2) is 0 Å². The van der Waals surface area contributed by atoms with Crippen LogP contribution in [0.5, 0.6) is 5.75 Å². The van der Waals surface area contributed by atoms with E-state index in [4.69, 9.17) is 4.74 Å². The van der Waals surface area contributed by atoms with Gasteiger partial charge in [-0.15, -0.1) is 4.91 Å². The third-order valence-corrected chi connectivity index (χ3v) is 2.23. The molecular formula is C9H11NO2S. The van der Waals surface area contributed by atoms with E-state index in [9.17, 15) is 4.91 Å². The number of nitroso groups, excluding NO2 is 1. The molecule has 1 aromatic carbocycles. The van der Waals surface area contributed by atoms with Gasteiger partial charge in [-0.1, -0.05) is 0 Å². The van der Waals surface area contributed by atoms with E-state index in [0.717, 1.165) is 11.3 Å². The molecule has 3 nitrogen and oxygen atoms in total. The van der Waals surface area contributed by atoms with E-state index >= 15 is 0 Å². The van der Waals surface area contributed by atoms with Gasteiger partial charge in [-0.3, -0.25) is 0 Å². The number of methoxy groups -OCH3 is 1. The molecule has 0 aromatic heterocycles. The van der Waals surface area contributed by atoms with Gasteiger partial charge >= 0.3 is 0 Å². The van der Waals surface area contributed by atoms with Crippen molar-refractivity contribution in [3.63, 3.8) is 0 Å². The van der Waals surface area contributed by atoms with Crippen LogP contribution in [-0.4, -0.2) is 13.4 Å². The number of nitrogens with zero attached hydrogens (tertiary/aromatic N) is 1. The van der Waals surface area contributed by atoms with Crippen molar-refractivity contribution in [3.05, 3.63) is 28.7 Å². The van der Waals surface area contributed by atoms with Crippen molar-refractivity contribution >= 4 is 17.4 Å². The molecule has 70 valence electrons. The number of hydrogen-bond acceptors (Lipinski definition) is 4.